The van der Waals surface area contributed by atoms with E-state index in [-0.39, 0.29) is 19.1 Å². The lowest BCUT2D eigenvalue weighted by molar-refractivity contribution is 0.151. The van der Waals surface area contributed by atoms with E-state index in [1.807, 2.05) is 0 Å². The molecule has 0 rings (SSSR count). The van der Waals surface area contributed by atoms with E-state index in [4.69, 9.17) is 10.2 Å². The Kier molecular flexibility index (Phi) is 5.04. The molecule has 9 heavy (non-hydrogen) atoms. The predicted molar refractivity (Wildman–Crippen MR) is 40.3 cm³/mol. The van der Waals surface area contributed by atoms with E-state index in [0.717, 1.165) is 4.48 Å². The number of rotatable bonds is 4. The summed E-state index contributed by atoms with van der Waals surface area (Å²) in [6.07, 6.45) is 0.632. The maximum atomic E-state index is 8.55. The molecule has 3 heteroatoms. The highest BCUT2D eigenvalue weighted by atomic mass is 79.9. The van der Waals surface area contributed by atoms with Crippen molar-refractivity contribution in [1.82, 2.24) is 0 Å². The molecular weight excluding hydrogens is 184 g/mol. The van der Waals surface area contributed by atoms with Gasteiger partial charge < -0.3 is 10.2 Å². The number of allylic oxidation sites excluding steroid dienone is 1. The van der Waals surface area contributed by atoms with Crippen LogP contribution in [0.3, 0.4) is 0 Å². The first-order chi connectivity index (χ1) is 4.20. The Bertz CT molecular complexity index is 89.1. The number of hydrogen-bond donors (Lipinski definition) is 2. The zero-order valence-corrected chi connectivity index (χ0v) is 6.76. The van der Waals surface area contributed by atoms with Crippen molar-refractivity contribution in [2.24, 2.45) is 5.92 Å². The second kappa shape index (κ2) is 4.97. The molecule has 0 saturated carbocycles. The smallest absolute Gasteiger partial charge is 0.0484 e. The van der Waals surface area contributed by atoms with Gasteiger partial charge in [-0.1, -0.05) is 22.5 Å². The zero-order valence-electron chi connectivity index (χ0n) is 5.18. The monoisotopic (exact) mass is 194 g/mol. The molecule has 2 nitrogen and oxygen atoms in total. The van der Waals surface area contributed by atoms with E-state index in [1.54, 1.807) is 0 Å². The number of aliphatic hydroxyl groups is 2. The molecule has 0 radical (unpaired) electrons. The molecule has 54 valence electrons. The standard InChI is InChI=1S/C6H11BrO2/c1-5(7)2-6(3-8)4-9/h6,8-9H,1-4H2. The van der Waals surface area contributed by atoms with Crippen molar-refractivity contribution in [3.63, 3.8) is 0 Å². The number of hydrogen-bond acceptors (Lipinski definition) is 2. The maximum Gasteiger partial charge on any atom is 0.0484 e. The molecule has 0 fully saturated rings. The summed E-state index contributed by atoms with van der Waals surface area (Å²) in [4.78, 5) is 0. The summed E-state index contributed by atoms with van der Waals surface area (Å²) in [6.45, 7) is 3.62. The molecule has 0 aromatic heterocycles. The van der Waals surface area contributed by atoms with Crippen LogP contribution in [-0.4, -0.2) is 23.4 Å². The SMILES string of the molecule is C=C(Br)CC(CO)CO. The van der Waals surface area contributed by atoms with Gasteiger partial charge in [-0.15, -0.1) is 0 Å². The molecule has 0 amide bonds. The topological polar surface area (TPSA) is 40.5 Å². The molecule has 0 saturated heterocycles. The van der Waals surface area contributed by atoms with Gasteiger partial charge in [-0.25, -0.2) is 0 Å². The third kappa shape index (κ3) is 4.63. The summed E-state index contributed by atoms with van der Waals surface area (Å²) in [6, 6.07) is 0. The van der Waals surface area contributed by atoms with Crippen LogP contribution in [-0.2, 0) is 0 Å². The van der Waals surface area contributed by atoms with Gasteiger partial charge in [0.15, 0.2) is 0 Å². The van der Waals surface area contributed by atoms with Crippen molar-refractivity contribution in [3.05, 3.63) is 11.1 Å². The van der Waals surface area contributed by atoms with Gasteiger partial charge >= 0.3 is 0 Å². The fraction of sp³-hybridized carbons (Fsp3) is 0.667. The van der Waals surface area contributed by atoms with E-state index < -0.39 is 0 Å². The van der Waals surface area contributed by atoms with Crippen molar-refractivity contribution in [3.8, 4) is 0 Å². The number of halogens is 1. The van der Waals surface area contributed by atoms with E-state index in [2.05, 4.69) is 22.5 Å². The first-order valence-electron chi connectivity index (χ1n) is 2.75. The van der Waals surface area contributed by atoms with Gasteiger partial charge in [0.25, 0.3) is 0 Å². The number of aliphatic hydroxyl groups excluding tert-OH is 2. The Labute approximate surface area is 63.3 Å². The average Bonchev–Trinajstić information content (AvgIpc) is 1.82. The van der Waals surface area contributed by atoms with Gasteiger partial charge in [-0.05, 0) is 10.9 Å². The van der Waals surface area contributed by atoms with Crippen LogP contribution in [0.1, 0.15) is 6.42 Å². The molecule has 0 aliphatic rings. The minimum atomic E-state index is -0.0584. The molecule has 0 aromatic rings. The van der Waals surface area contributed by atoms with Crippen LogP contribution in [0.2, 0.25) is 0 Å². The van der Waals surface area contributed by atoms with Crippen molar-refractivity contribution in [2.45, 2.75) is 6.42 Å². The van der Waals surface area contributed by atoms with Crippen molar-refractivity contribution in [2.75, 3.05) is 13.2 Å². The summed E-state index contributed by atoms with van der Waals surface area (Å²) in [5, 5.41) is 17.1. The van der Waals surface area contributed by atoms with E-state index >= 15 is 0 Å². The van der Waals surface area contributed by atoms with Crippen LogP contribution >= 0.6 is 15.9 Å². The quantitative estimate of drug-likeness (QED) is 0.699. The fourth-order valence-electron chi connectivity index (χ4n) is 0.500. The summed E-state index contributed by atoms with van der Waals surface area (Å²) < 4.78 is 0.815. The first-order valence-corrected chi connectivity index (χ1v) is 3.55. The summed E-state index contributed by atoms with van der Waals surface area (Å²) in [7, 11) is 0. The third-order valence-electron chi connectivity index (χ3n) is 1.03. The lowest BCUT2D eigenvalue weighted by Crippen LogP contribution is -2.10. The van der Waals surface area contributed by atoms with Crippen LogP contribution < -0.4 is 0 Å². The average molecular weight is 195 g/mol. The van der Waals surface area contributed by atoms with Gasteiger partial charge in [0.2, 0.25) is 0 Å². The zero-order chi connectivity index (χ0) is 7.28. The van der Waals surface area contributed by atoms with Crippen LogP contribution in [0, 0.1) is 5.92 Å². The molecule has 0 spiro atoms. The molecule has 0 aromatic carbocycles. The highest BCUT2D eigenvalue weighted by molar-refractivity contribution is 9.11. The molecule has 0 bridgehead atoms. The molecule has 0 unspecified atom stereocenters. The lowest BCUT2D eigenvalue weighted by Gasteiger charge is -2.07. The lowest BCUT2D eigenvalue weighted by atomic mass is 10.1. The van der Waals surface area contributed by atoms with E-state index in [1.165, 1.54) is 0 Å². The van der Waals surface area contributed by atoms with Crippen molar-refractivity contribution < 1.29 is 10.2 Å². The van der Waals surface area contributed by atoms with Crippen LogP contribution in [0.25, 0.3) is 0 Å². The van der Waals surface area contributed by atoms with Crippen molar-refractivity contribution in [1.29, 1.82) is 0 Å². The Hall–Kier alpha value is 0.140. The third-order valence-corrected chi connectivity index (χ3v) is 1.35. The molecule has 0 atom stereocenters. The highest BCUT2D eigenvalue weighted by Crippen LogP contribution is 2.13. The van der Waals surface area contributed by atoms with Gasteiger partial charge in [-0.3, -0.25) is 0 Å². The Morgan fingerprint density at radius 2 is 1.89 bits per heavy atom. The van der Waals surface area contributed by atoms with Crippen LogP contribution in [0.5, 0.6) is 0 Å². The Morgan fingerprint density at radius 1 is 1.44 bits per heavy atom. The van der Waals surface area contributed by atoms with Gasteiger partial charge in [0, 0.05) is 19.1 Å². The largest absolute Gasteiger partial charge is 0.396 e. The molecular formula is C6H11BrO2. The second-order valence-electron chi connectivity index (χ2n) is 1.95. The normalized spacial score (nSPS) is 10.2. The molecule has 0 heterocycles. The van der Waals surface area contributed by atoms with Crippen LogP contribution in [0.15, 0.2) is 11.1 Å². The maximum absolute atomic E-state index is 8.55. The van der Waals surface area contributed by atoms with E-state index in [0.29, 0.717) is 6.42 Å². The Balaban J connectivity index is 3.43. The van der Waals surface area contributed by atoms with Gasteiger partial charge in [0.05, 0.1) is 0 Å². The predicted octanol–water partition coefficient (Wildman–Crippen LogP) is 0.886. The highest BCUT2D eigenvalue weighted by Gasteiger charge is 2.04. The second-order valence-corrected chi connectivity index (χ2v) is 3.07. The summed E-state index contributed by atoms with van der Waals surface area (Å²) in [5.74, 6) is -0.0584. The summed E-state index contributed by atoms with van der Waals surface area (Å²) >= 11 is 3.14. The molecule has 2 N–H and O–H groups in total. The minimum absolute atomic E-state index is 0.0150. The minimum Gasteiger partial charge on any atom is -0.396 e. The van der Waals surface area contributed by atoms with Crippen molar-refractivity contribution >= 4 is 15.9 Å². The Morgan fingerprint density at radius 3 is 2.00 bits per heavy atom. The van der Waals surface area contributed by atoms with Gasteiger partial charge in [0.1, 0.15) is 0 Å². The van der Waals surface area contributed by atoms with E-state index in [9.17, 15) is 0 Å². The first kappa shape index (κ1) is 9.14. The molecule has 0 aliphatic carbocycles. The fourth-order valence-corrected chi connectivity index (χ4v) is 0.958. The molecule has 0 aliphatic heterocycles. The van der Waals surface area contributed by atoms with Gasteiger partial charge in [-0.2, -0.15) is 0 Å². The summed E-state index contributed by atoms with van der Waals surface area (Å²) in [5.41, 5.74) is 0. The van der Waals surface area contributed by atoms with Crippen LogP contribution in [0.4, 0.5) is 0 Å².